The number of amides is 2. The Bertz CT molecular complexity index is 480. The number of carbonyl (C=O) groups is 1. The van der Waals surface area contributed by atoms with Gasteiger partial charge in [0.15, 0.2) is 11.5 Å². The van der Waals surface area contributed by atoms with Gasteiger partial charge in [0.05, 0.1) is 20.8 Å². The van der Waals surface area contributed by atoms with Gasteiger partial charge in [-0.2, -0.15) is 0 Å². The Morgan fingerprint density at radius 2 is 1.78 bits per heavy atom. The first-order valence-electron chi connectivity index (χ1n) is 7.58. The molecular weight excluding hydrogens is 298 g/mol. The van der Waals surface area contributed by atoms with Crippen molar-refractivity contribution in [3.63, 3.8) is 0 Å². The summed E-state index contributed by atoms with van der Waals surface area (Å²) in [5.74, 6) is 1.74. The lowest BCUT2D eigenvalue weighted by Crippen LogP contribution is -2.38. The first-order chi connectivity index (χ1) is 11.1. The Balaban J connectivity index is 2.26. The third kappa shape index (κ3) is 7.10. The average molecular weight is 325 g/mol. The number of hydrogen-bond acceptors (Lipinski definition) is 5. The first-order valence-corrected chi connectivity index (χ1v) is 7.58. The normalized spacial score (nSPS) is 10.3. The fraction of sp³-hybridized carbons (Fsp3) is 0.562. The lowest BCUT2D eigenvalue weighted by molar-refractivity contribution is 0.234. The zero-order valence-electron chi connectivity index (χ0n) is 14.3. The van der Waals surface area contributed by atoms with Gasteiger partial charge < -0.3 is 29.7 Å². The van der Waals surface area contributed by atoms with Crippen LogP contribution in [0.3, 0.4) is 0 Å². The van der Waals surface area contributed by atoms with Gasteiger partial charge in [0, 0.05) is 6.54 Å². The van der Waals surface area contributed by atoms with Crippen LogP contribution in [0.4, 0.5) is 4.79 Å². The van der Waals surface area contributed by atoms with Crippen LogP contribution in [-0.4, -0.2) is 65.5 Å². The smallest absolute Gasteiger partial charge is 0.314 e. The standard InChI is InChI=1S/C16H27N3O4/c1-19(2)11-6-9-17-16(20)18-10-12-23-14-8-5-7-13(21-3)15(14)22-4/h5,7-8H,6,9-12H2,1-4H3,(H2,17,18,20). The number of hydrogen-bond donors (Lipinski definition) is 2. The molecule has 0 atom stereocenters. The molecule has 7 nitrogen and oxygen atoms in total. The average Bonchev–Trinajstić information content (AvgIpc) is 2.54. The number of nitrogens with one attached hydrogen (secondary N) is 2. The molecule has 0 aromatic heterocycles. The molecule has 0 radical (unpaired) electrons. The summed E-state index contributed by atoms with van der Waals surface area (Å²) in [7, 11) is 7.14. The topological polar surface area (TPSA) is 72.1 Å². The third-order valence-corrected chi connectivity index (χ3v) is 3.08. The largest absolute Gasteiger partial charge is 0.493 e. The van der Waals surface area contributed by atoms with E-state index in [-0.39, 0.29) is 6.03 Å². The highest BCUT2D eigenvalue weighted by Crippen LogP contribution is 2.36. The predicted octanol–water partition coefficient (Wildman–Crippen LogP) is 1.33. The van der Waals surface area contributed by atoms with Crippen molar-refractivity contribution < 1.29 is 19.0 Å². The molecule has 0 heterocycles. The molecule has 0 fully saturated rings. The van der Waals surface area contributed by atoms with Gasteiger partial charge in [0.25, 0.3) is 0 Å². The van der Waals surface area contributed by atoms with Gasteiger partial charge in [-0.1, -0.05) is 6.07 Å². The van der Waals surface area contributed by atoms with E-state index in [1.54, 1.807) is 26.4 Å². The number of urea groups is 1. The Labute approximate surface area is 137 Å². The summed E-state index contributed by atoms with van der Waals surface area (Å²) in [4.78, 5) is 13.7. The van der Waals surface area contributed by atoms with Crippen molar-refractivity contribution in [2.45, 2.75) is 6.42 Å². The highest BCUT2D eigenvalue weighted by atomic mass is 16.5. The minimum atomic E-state index is -0.190. The van der Waals surface area contributed by atoms with E-state index in [4.69, 9.17) is 14.2 Å². The van der Waals surface area contributed by atoms with E-state index in [1.165, 1.54) is 0 Å². The monoisotopic (exact) mass is 325 g/mol. The molecule has 0 saturated heterocycles. The maximum absolute atomic E-state index is 11.6. The van der Waals surface area contributed by atoms with E-state index in [1.807, 2.05) is 20.2 Å². The van der Waals surface area contributed by atoms with Crippen LogP contribution in [-0.2, 0) is 0 Å². The molecule has 2 N–H and O–H groups in total. The molecule has 1 rings (SSSR count). The number of ether oxygens (including phenoxy) is 3. The molecule has 0 spiro atoms. The number of para-hydroxylation sites is 1. The van der Waals surface area contributed by atoms with Gasteiger partial charge in [0.1, 0.15) is 6.61 Å². The first kappa shape index (κ1) is 18.9. The summed E-state index contributed by atoms with van der Waals surface area (Å²) in [5.41, 5.74) is 0. The van der Waals surface area contributed by atoms with Crippen LogP contribution in [0.2, 0.25) is 0 Å². The van der Waals surface area contributed by atoms with Crippen molar-refractivity contribution in [2.24, 2.45) is 0 Å². The molecule has 0 aliphatic carbocycles. The molecule has 130 valence electrons. The summed E-state index contributed by atoms with van der Waals surface area (Å²) in [5, 5.41) is 5.55. The van der Waals surface area contributed by atoms with Gasteiger partial charge in [-0.25, -0.2) is 4.79 Å². The summed E-state index contributed by atoms with van der Waals surface area (Å²) in [6.07, 6.45) is 0.915. The molecule has 7 heteroatoms. The minimum absolute atomic E-state index is 0.190. The Hall–Kier alpha value is -2.15. The molecule has 1 aromatic carbocycles. The van der Waals surface area contributed by atoms with Crippen LogP contribution in [0.1, 0.15) is 6.42 Å². The summed E-state index contributed by atoms with van der Waals surface area (Å²) in [6, 6.07) is 5.22. The maximum Gasteiger partial charge on any atom is 0.314 e. The molecule has 1 aromatic rings. The lowest BCUT2D eigenvalue weighted by Gasteiger charge is -2.14. The van der Waals surface area contributed by atoms with Crippen LogP contribution in [0.5, 0.6) is 17.2 Å². The quantitative estimate of drug-likeness (QED) is 0.635. The second-order valence-electron chi connectivity index (χ2n) is 5.18. The van der Waals surface area contributed by atoms with E-state index in [2.05, 4.69) is 15.5 Å². The van der Waals surface area contributed by atoms with Crippen LogP contribution in [0.25, 0.3) is 0 Å². The number of rotatable bonds is 10. The molecule has 0 bridgehead atoms. The number of methoxy groups -OCH3 is 2. The highest BCUT2D eigenvalue weighted by molar-refractivity contribution is 5.73. The molecule has 2 amide bonds. The Morgan fingerprint density at radius 1 is 1.09 bits per heavy atom. The fourth-order valence-electron chi connectivity index (χ4n) is 1.96. The van der Waals surface area contributed by atoms with Gasteiger partial charge in [0.2, 0.25) is 5.75 Å². The summed E-state index contributed by atoms with van der Waals surface area (Å²) in [6.45, 7) is 2.34. The Kier molecular flexibility index (Phi) is 8.67. The van der Waals surface area contributed by atoms with Crippen LogP contribution < -0.4 is 24.8 Å². The zero-order chi connectivity index (χ0) is 17.1. The third-order valence-electron chi connectivity index (χ3n) is 3.08. The van der Waals surface area contributed by atoms with Gasteiger partial charge in [-0.15, -0.1) is 0 Å². The van der Waals surface area contributed by atoms with Crippen molar-refractivity contribution in [2.75, 3.05) is 54.6 Å². The van der Waals surface area contributed by atoms with E-state index in [0.717, 1.165) is 13.0 Å². The fourth-order valence-corrected chi connectivity index (χ4v) is 1.96. The molecule has 0 aliphatic rings. The number of nitrogens with zero attached hydrogens (tertiary/aromatic N) is 1. The number of benzene rings is 1. The van der Waals surface area contributed by atoms with Gasteiger partial charge in [-0.3, -0.25) is 0 Å². The van der Waals surface area contributed by atoms with Crippen molar-refractivity contribution in [3.05, 3.63) is 18.2 Å². The lowest BCUT2D eigenvalue weighted by atomic mass is 10.3. The predicted molar refractivity (Wildman–Crippen MR) is 89.6 cm³/mol. The van der Waals surface area contributed by atoms with Crippen LogP contribution in [0, 0.1) is 0 Å². The maximum atomic E-state index is 11.6. The second-order valence-corrected chi connectivity index (χ2v) is 5.18. The minimum Gasteiger partial charge on any atom is -0.493 e. The molecule has 0 aliphatic heterocycles. The zero-order valence-corrected chi connectivity index (χ0v) is 14.3. The molecule has 23 heavy (non-hydrogen) atoms. The summed E-state index contributed by atoms with van der Waals surface area (Å²) < 4.78 is 16.1. The van der Waals surface area contributed by atoms with E-state index in [0.29, 0.717) is 36.9 Å². The van der Waals surface area contributed by atoms with E-state index in [9.17, 15) is 4.79 Å². The highest BCUT2D eigenvalue weighted by Gasteiger charge is 2.10. The Morgan fingerprint density at radius 3 is 2.43 bits per heavy atom. The van der Waals surface area contributed by atoms with E-state index >= 15 is 0 Å². The van der Waals surface area contributed by atoms with Crippen molar-refractivity contribution in [1.29, 1.82) is 0 Å². The second kappa shape index (κ2) is 10.6. The molecule has 0 saturated carbocycles. The van der Waals surface area contributed by atoms with Crippen LogP contribution >= 0.6 is 0 Å². The van der Waals surface area contributed by atoms with E-state index < -0.39 is 0 Å². The molecule has 0 unspecified atom stereocenters. The van der Waals surface area contributed by atoms with Crippen molar-refractivity contribution >= 4 is 6.03 Å². The van der Waals surface area contributed by atoms with Crippen molar-refractivity contribution in [3.8, 4) is 17.2 Å². The summed E-state index contributed by atoms with van der Waals surface area (Å²) >= 11 is 0. The van der Waals surface area contributed by atoms with Crippen molar-refractivity contribution in [1.82, 2.24) is 15.5 Å². The van der Waals surface area contributed by atoms with Crippen LogP contribution in [0.15, 0.2) is 18.2 Å². The number of carbonyl (C=O) groups excluding carboxylic acids is 1. The van der Waals surface area contributed by atoms with Gasteiger partial charge >= 0.3 is 6.03 Å². The molecular formula is C16H27N3O4. The SMILES string of the molecule is COc1cccc(OCCNC(=O)NCCCN(C)C)c1OC. The van der Waals surface area contributed by atoms with Gasteiger partial charge in [-0.05, 0) is 39.2 Å².